The molecule has 1 amide bonds. The minimum Gasteiger partial charge on any atom is -0.433 e. The predicted octanol–water partition coefficient (Wildman–Crippen LogP) is 3.32. The molecule has 1 saturated heterocycles. The number of hydrogen-bond donors (Lipinski definition) is 2. The molecule has 0 spiro atoms. The topological polar surface area (TPSA) is 98.8 Å². The lowest BCUT2D eigenvalue weighted by Gasteiger charge is -2.45. The van der Waals surface area contributed by atoms with Gasteiger partial charge in [-0.1, -0.05) is 11.8 Å². The van der Waals surface area contributed by atoms with Crippen molar-refractivity contribution in [3.05, 3.63) is 53.6 Å². The van der Waals surface area contributed by atoms with Gasteiger partial charge >= 0.3 is 6.61 Å². The number of ether oxygens (including phenoxy) is 2. The summed E-state index contributed by atoms with van der Waals surface area (Å²) in [6, 6.07) is 6.21. The lowest BCUT2D eigenvalue weighted by Crippen LogP contribution is -2.53. The molecule has 7 nitrogen and oxygen atoms in total. The molecule has 0 aliphatic carbocycles. The molecule has 2 aliphatic rings. The molecule has 3 N–H and O–H groups in total. The Morgan fingerprint density at radius 1 is 1.34 bits per heavy atom. The van der Waals surface area contributed by atoms with E-state index in [1.807, 2.05) is 0 Å². The number of pyridine rings is 1. The Balaban J connectivity index is 1.61. The first-order chi connectivity index (χ1) is 15.3. The van der Waals surface area contributed by atoms with Crippen molar-refractivity contribution in [3.8, 4) is 5.75 Å². The number of amides is 1. The molecule has 0 bridgehead atoms. The SMILES string of the molecule is NC1=N[C@@]2(c3cc(NC(=O)c4ccc(OC(F)F)cn4)ccc3F)COC[C@@H](F)[C@H]2CS1. The number of benzene rings is 1. The smallest absolute Gasteiger partial charge is 0.387 e. The van der Waals surface area contributed by atoms with Crippen LogP contribution in [-0.2, 0) is 10.3 Å². The van der Waals surface area contributed by atoms with Crippen LogP contribution < -0.4 is 15.8 Å². The second kappa shape index (κ2) is 8.94. The summed E-state index contributed by atoms with van der Waals surface area (Å²) in [4.78, 5) is 20.7. The fourth-order valence-corrected chi connectivity index (χ4v) is 4.83. The number of nitrogens with two attached hydrogens (primary N) is 1. The minimum absolute atomic E-state index is 0.0547. The van der Waals surface area contributed by atoms with Crippen LogP contribution in [0.15, 0.2) is 41.5 Å². The van der Waals surface area contributed by atoms with E-state index < -0.39 is 36.0 Å². The summed E-state index contributed by atoms with van der Waals surface area (Å²) in [6.45, 7) is -3.18. The molecule has 170 valence electrons. The van der Waals surface area contributed by atoms with Crippen LogP contribution in [0.3, 0.4) is 0 Å². The number of halogens is 4. The normalized spacial score (nSPS) is 25.1. The summed E-state index contributed by atoms with van der Waals surface area (Å²) < 4.78 is 63.6. The number of carbonyl (C=O) groups is 1. The van der Waals surface area contributed by atoms with E-state index in [1.54, 1.807) is 0 Å². The third-order valence-electron chi connectivity index (χ3n) is 5.25. The summed E-state index contributed by atoms with van der Waals surface area (Å²) >= 11 is 1.20. The standard InChI is InChI=1S/C20H18F4N4O3S/c21-14-3-1-10(27-17(29)16-4-2-11(6-26-16)31-18(23)24)5-12(14)20-9-30-7-15(22)13(20)8-32-19(25)28-20/h1-6,13,15,18H,7-9H2,(H2,25,28)(H,27,29)/t13-,15-,20-/m1/s1. The van der Waals surface area contributed by atoms with E-state index in [0.29, 0.717) is 5.75 Å². The van der Waals surface area contributed by atoms with Crippen molar-refractivity contribution < 1.29 is 31.8 Å². The third kappa shape index (κ3) is 4.37. The largest absolute Gasteiger partial charge is 0.433 e. The Morgan fingerprint density at radius 3 is 2.88 bits per heavy atom. The molecule has 2 aromatic rings. The first-order valence-electron chi connectivity index (χ1n) is 9.50. The number of hydrogen-bond acceptors (Lipinski definition) is 7. The molecule has 0 unspecified atom stereocenters. The molecule has 2 aliphatic heterocycles. The summed E-state index contributed by atoms with van der Waals surface area (Å²) in [5.74, 6) is -1.84. The molecular weight excluding hydrogens is 452 g/mol. The first-order valence-corrected chi connectivity index (χ1v) is 10.5. The molecule has 3 atom stereocenters. The van der Waals surface area contributed by atoms with E-state index in [4.69, 9.17) is 10.5 Å². The summed E-state index contributed by atoms with van der Waals surface area (Å²) in [6.07, 6.45) is -0.373. The zero-order valence-electron chi connectivity index (χ0n) is 16.4. The van der Waals surface area contributed by atoms with Crippen molar-refractivity contribution in [2.75, 3.05) is 24.3 Å². The van der Waals surface area contributed by atoms with Crippen LogP contribution in [0.1, 0.15) is 16.1 Å². The van der Waals surface area contributed by atoms with Crippen molar-refractivity contribution in [1.29, 1.82) is 0 Å². The number of amidine groups is 1. The number of aliphatic imine (C=N–C) groups is 1. The Labute approximate surface area is 184 Å². The molecular formula is C20H18F4N4O3S. The van der Waals surface area contributed by atoms with Gasteiger partial charge in [0.1, 0.15) is 29.0 Å². The molecule has 1 aromatic carbocycles. The van der Waals surface area contributed by atoms with Crippen LogP contribution in [-0.4, -0.2) is 47.8 Å². The summed E-state index contributed by atoms with van der Waals surface area (Å²) in [5.41, 5.74) is 4.71. The minimum atomic E-state index is -3.01. The fraction of sp³-hybridized carbons (Fsp3) is 0.350. The van der Waals surface area contributed by atoms with Crippen LogP contribution in [0.4, 0.5) is 23.2 Å². The van der Waals surface area contributed by atoms with E-state index in [9.17, 15) is 22.4 Å². The lowest BCUT2D eigenvalue weighted by molar-refractivity contribution is -0.0526. The Bertz CT molecular complexity index is 1040. The lowest BCUT2D eigenvalue weighted by atomic mass is 9.75. The number of anilines is 1. The highest BCUT2D eigenvalue weighted by molar-refractivity contribution is 8.13. The maximum atomic E-state index is 14.9. The van der Waals surface area contributed by atoms with Gasteiger partial charge in [-0.2, -0.15) is 8.78 Å². The summed E-state index contributed by atoms with van der Waals surface area (Å²) in [7, 11) is 0. The van der Waals surface area contributed by atoms with Crippen LogP contribution in [0.25, 0.3) is 0 Å². The van der Waals surface area contributed by atoms with E-state index >= 15 is 0 Å². The average molecular weight is 470 g/mol. The molecule has 0 saturated carbocycles. The van der Waals surface area contributed by atoms with E-state index in [1.165, 1.54) is 36.0 Å². The van der Waals surface area contributed by atoms with Crippen LogP contribution >= 0.6 is 11.8 Å². The number of rotatable bonds is 5. The van der Waals surface area contributed by atoms with Crippen LogP contribution in [0.2, 0.25) is 0 Å². The number of aromatic nitrogens is 1. The Hall–Kier alpha value is -2.86. The zero-order valence-corrected chi connectivity index (χ0v) is 17.3. The second-order valence-electron chi connectivity index (χ2n) is 7.23. The quantitative estimate of drug-likeness (QED) is 0.651. The number of alkyl halides is 3. The molecule has 1 aromatic heterocycles. The molecule has 12 heteroatoms. The first kappa shape index (κ1) is 22.3. The van der Waals surface area contributed by atoms with E-state index in [0.717, 1.165) is 12.3 Å². The highest BCUT2D eigenvalue weighted by Gasteiger charge is 2.51. The van der Waals surface area contributed by atoms with Gasteiger partial charge in [0.2, 0.25) is 0 Å². The van der Waals surface area contributed by atoms with Crippen molar-refractivity contribution in [1.82, 2.24) is 4.98 Å². The van der Waals surface area contributed by atoms with Gasteiger partial charge in [-0.05, 0) is 30.3 Å². The number of nitrogens with one attached hydrogen (secondary N) is 1. The fourth-order valence-electron chi connectivity index (χ4n) is 3.77. The summed E-state index contributed by atoms with van der Waals surface area (Å²) in [5, 5.41) is 2.76. The maximum Gasteiger partial charge on any atom is 0.387 e. The van der Waals surface area contributed by atoms with Crippen molar-refractivity contribution in [2.24, 2.45) is 16.6 Å². The molecule has 1 fully saturated rings. The average Bonchev–Trinajstić information content (AvgIpc) is 2.75. The number of thioether (sulfide) groups is 1. The predicted molar refractivity (Wildman–Crippen MR) is 110 cm³/mol. The van der Waals surface area contributed by atoms with Gasteiger partial charge in [0.05, 0.1) is 19.4 Å². The number of fused-ring (bicyclic) bond motifs is 1. The van der Waals surface area contributed by atoms with Gasteiger partial charge in [-0.3, -0.25) is 4.79 Å². The van der Waals surface area contributed by atoms with Crippen molar-refractivity contribution in [3.63, 3.8) is 0 Å². The van der Waals surface area contributed by atoms with Crippen LogP contribution in [0, 0.1) is 11.7 Å². The zero-order chi connectivity index (χ0) is 22.9. The van der Waals surface area contributed by atoms with Gasteiger partial charge < -0.3 is 20.5 Å². The molecule has 0 radical (unpaired) electrons. The Kier molecular flexibility index (Phi) is 6.24. The van der Waals surface area contributed by atoms with E-state index in [2.05, 4.69) is 20.0 Å². The van der Waals surface area contributed by atoms with Gasteiger partial charge in [0.25, 0.3) is 5.91 Å². The number of nitrogens with zero attached hydrogens (tertiary/aromatic N) is 2. The van der Waals surface area contributed by atoms with Gasteiger partial charge in [0, 0.05) is 22.9 Å². The van der Waals surface area contributed by atoms with E-state index in [-0.39, 0.29) is 41.1 Å². The third-order valence-corrected chi connectivity index (χ3v) is 6.17. The molecule has 4 rings (SSSR count). The van der Waals surface area contributed by atoms with Crippen molar-refractivity contribution >= 4 is 28.5 Å². The van der Waals surface area contributed by atoms with Crippen molar-refractivity contribution in [2.45, 2.75) is 18.3 Å². The second-order valence-corrected chi connectivity index (χ2v) is 8.27. The van der Waals surface area contributed by atoms with Crippen LogP contribution in [0.5, 0.6) is 5.75 Å². The monoisotopic (exact) mass is 470 g/mol. The highest BCUT2D eigenvalue weighted by Crippen LogP contribution is 2.46. The van der Waals surface area contributed by atoms with Gasteiger partial charge in [-0.15, -0.1) is 0 Å². The molecule has 3 heterocycles. The maximum absolute atomic E-state index is 14.9. The number of carbonyl (C=O) groups excluding carboxylic acids is 1. The highest BCUT2D eigenvalue weighted by atomic mass is 32.2. The Morgan fingerprint density at radius 2 is 2.16 bits per heavy atom. The van der Waals surface area contributed by atoms with Gasteiger partial charge in [0.15, 0.2) is 5.17 Å². The van der Waals surface area contributed by atoms with Gasteiger partial charge in [-0.25, -0.2) is 18.8 Å². The molecule has 32 heavy (non-hydrogen) atoms.